The Hall–Kier alpha value is -1.63. The number of aromatic nitrogens is 1. The first-order chi connectivity index (χ1) is 8.95. The highest BCUT2D eigenvalue weighted by Gasteiger charge is 2.20. The third-order valence-electron chi connectivity index (χ3n) is 2.32. The van der Waals surface area contributed by atoms with Crippen molar-refractivity contribution in [1.29, 1.82) is 0 Å². The predicted molar refractivity (Wildman–Crippen MR) is 73.0 cm³/mol. The summed E-state index contributed by atoms with van der Waals surface area (Å²) >= 11 is 1.16. The number of unbranched alkanes of at least 4 members (excludes halogenated alkanes) is 1. The minimum absolute atomic E-state index is 0.0103. The van der Waals surface area contributed by atoms with E-state index in [0.717, 1.165) is 24.2 Å². The standard InChI is InChI=1S/C12H18N2O4S/c1-4-5-6-18-12(17)14-11-13-8(10(15)16)9(19-11)7(2)3/h7H,4-6H2,1-3H3,(H,15,16)(H,13,14,17). The van der Waals surface area contributed by atoms with Crippen LogP contribution in [-0.2, 0) is 4.74 Å². The van der Waals surface area contributed by atoms with Crippen molar-refractivity contribution in [2.24, 2.45) is 0 Å². The number of aromatic carboxylic acids is 1. The quantitative estimate of drug-likeness (QED) is 0.783. The van der Waals surface area contributed by atoms with Crippen LogP contribution in [0.4, 0.5) is 9.93 Å². The smallest absolute Gasteiger partial charge is 0.413 e. The molecular formula is C12H18N2O4S. The molecule has 1 rings (SSSR count). The zero-order valence-corrected chi connectivity index (χ0v) is 12.0. The molecule has 0 unspecified atom stereocenters. The van der Waals surface area contributed by atoms with E-state index in [-0.39, 0.29) is 16.7 Å². The fourth-order valence-corrected chi connectivity index (χ4v) is 2.31. The van der Waals surface area contributed by atoms with Gasteiger partial charge in [0, 0.05) is 4.88 Å². The monoisotopic (exact) mass is 286 g/mol. The highest BCUT2D eigenvalue weighted by molar-refractivity contribution is 7.16. The second-order valence-electron chi connectivity index (χ2n) is 4.31. The number of rotatable bonds is 6. The zero-order chi connectivity index (χ0) is 14.4. The van der Waals surface area contributed by atoms with Crippen LogP contribution in [0.2, 0.25) is 0 Å². The van der Waals surface area contributed by atoms with Crippen LogP contribution < -0.4 is 5.32 Å². The number of nitrogens with one attached hydrogen (secondary N) is 1. The molecule has 0 radical (unpaired) electrons. The maximum absolute atomic E-state index is 11.4. The number of ether oxygens (including phenoxy) is 1. The van der Waals surface area contributed by atoms with Crippen LogP contribution in [-0.4, -0.2) is 28.8 Å². The largest absolute Gasteiger partial charge is 0.476 e. The predicted octanol–water partition coefficient (Wildman–Crippen LogP) is 3.31. The molecule has 0 bridgehead atoms. The molecule has 19 heavy (non-hydrogen) atoms. The number of amides is 1. The van der Waals surface area contributed by atoms with Crippen LogP contribution in [0.25, 0.3) is 0 Å². The van der Waals surface area contributed by atoms with Crippen molar-refractivity contribution in [3.8, 4) is 0 Å². The number of carbonyl (C=O) groups excluding carboxylic acids is 1. The molecule has 2 N–H and O–H groups in total. The number of thiazole rings is 1. The minimum atomic E-state index is -1.09. The molecule has 0 fully saturated rings. The third-order valence-corrected chi connectivity index (χ3v) is 3.59. The SMILES string of the molecule is CCCCOC(=O)Nc1nc(C(=O)O)c(C(C)C)s1. The molecule has 0 aliphatic carbocycles. The summed E-state index contributed by atoms with van der Waals surface area (Å²) in [6.07, 6.45) is 1.13. The molecule has 7 heteroatoms. The van der Waals surface area contributed by atoms with Crippen molar-refractivity contribution in [1.82, 2.24) is 4.98 Å². The van der Waals surface area contributed by atoms with E-state index in [1.165, 1.54) is 0 Å². The van der Waals surface area contributed by atoms with Gasteiger partial charge in [0.2, 0.25) is 0 Å². The normalized spacial score (nSPS) is 10.5. The van der Waals surface area contributed by atoms with E-state index in [9.17, 15) is 9.59 Å². The molecule has 0 atom stereocenters. The van der Waals surface area contributed by atoms with Gasteiger partial charge >= 0.3 is 12.1 Å². The van der Waals surface area contributed by atoms with Crippen LogP contribution in [0.1, 0.15) is 54.9 Å². The van der Waals surface area contributed by atoms with Gasteiger partial charge in [0.15, 0.2) is 10.8 Å². The maximum atomic E-state index is 11.4. The van der Waals surface area contributed by atoms with Gasteiger partial charge < -0.3 is 9.84 Å². The van der Waals surface area contributed by atoms with Crippen molar-refractivity contribution in [2.45, 2.75) is 39.5 Å². The Kier molecular flexibility index (Phi) is 5.75. The van der Waals surface area contributed by atoms with Crippen LogP contribution >= 0.6 is 11.3 Å². The molecule has 0 aliphatic heterocycles. The summed E-state index contributed by atoms with van der Waals surface area (Å²) in [5, 5.41) is 11.7. The van der Waals surface area contributed by atoms with Crippen LogP contribution in [0.5, 0.6) is 0 Å². The molecule has 1 aromatic heterocycles. The summed E-state index contributed by atoms with van der Waals surface area (Å²) in [5.74, 6) is -1.05. The Morgan fingerprint density at radius 3 is 2.63 bits per heavy atom. The first-order valence-electron chi connectivity index (χ1n) is 6.13. The van der Waals surface area contributed by atoms with Crippen molar-refractivity contribution < 1.29 is 19.4 Å². The maximum Gasteiger partial charge on any atom is 0.413 e. The molecule has 6 nitrogen and oxygen atoms in total. The highest BCUT2D eigenvalue weighted by atomic mass is 32.1. The summed E-state index contributed by atoms with van der Waals surface area (Å²) in [5.41, 5.74) is -0.0103. The van der Waals surface area contributed by atoms with Crippen LogP contribution in [0.15, 0.2) is 0 Å². The van der Waals surface area contributed by atoms with E-state index in [4.69, 9.17) is 9.84 Å². The first kappa shape index (κ1) is 15.4. The van der Waals surface area contributed by atoms with Gasteiger partial charge in [0.05, 0.1) is 6.61 Å². The van der Waals surface area contributed by atoms with Gasteiger partial charge in [0.25, 0.3) is 0 Å². The van der Waals surface area contributed by atoms with Gasteiger partial charge in [-0.2, -0.15) is 0 Å². The van der Waals surface area contributed by atoms with E-state index in [2.05, 4.69) is 10.3 Å². The molecule has 0 saturated heterocycles. The number of hydrogen-bond acceptors (Lipinski definition) is 5. The fraction of sp³-hybridized carbons (Fsp3) is 0.583. The van der Waals surface area contributed by atoms with Gasteiger partial charge in [-0.15, -0.1) is 11.3 Å². The molecule has 106 valence electrons. The van der Waals surface area contributed by atoms with Crippen molar-refractivity contribution in [3.05, 3.63) is 10.6 Å². The summed E-state index contributed by atoms with van der Waals surface area (Å²) < 4.78 is 4.93. The van der Waals surface area contributed by atoms with Gasteiger partial charge in [-0.25, -0.2) is 14.6 Å². The Morgan fingerprint density at radius 1 is 1.47 bits per heavy atom. The Bertz CT molecular complexity index is 457. The van der Waals surface area contributed by atoms with E-state index in [1.54, 1.807) is 0 Å². The van der Waals surface area contributed by atoms with E-state index in [1.807, 2.05) is 20.8 Å². The van der Waals surface area contributed by atoms with Crippen molar-refractivity contribution >= 4 is 28.5 Å². The molecule has 0 saturated carbocycles. The molecule has 0 spiro atoms. The number of carbonyl (C=O) groups is 2. The molecule has 1 heterocycles. The lowest BCUT2D eigenvalue weighted by Crippen LogP contribution is -2.14. The second kappa shape index (κ2) is 7.08. The topological polar surface area (TPSA) is 88.5 Å². The number of carboxylic acids is 1. The third kappa shape index (κ3) is 4.51. The summed E-state index contributed by atoms with van der Waals surface area (Å²) in [6.45, 7) is 6.10. The summed E-state index contributed by atoms with van der Waals surface area (Å²) in [7, 11) is 0. The molecule has 1 amide bonds. The minimum Gasteiger partial charge on any atom is -0.476 e. The van der Waals surface area contributed by atoms with Gasteiger partial charge in [-0.3, -0.25) is 5.32 Å². The summed E-state index contributed by atoms with van der Waals surface area (Å²) in [4.78, 5) is 27.0. The second-order valence-corrected chi connectivity index (χ2v) is 5.34. The van der Waals surface area contributed by atoms with Crippen LogP contribution in [0.3, 0.4) is 0 Å². The Labute approximate surface area is 115 Å². The van der Waals surface area contributed by atoms with E-state index >= 15 is 0 Å². The first-order valence-corrected chi connectivity index (χ1v) is 6.95. The fourth-order valence-electron chi connectivity index (χ4n) is 1.36. The average Bonchev–Trinajstić information content (AvgIpc) is 2.73. The lowest BCUT2D eigenvalue weighted by Gasteiger charge is -2.03. The number of nitrogens with zero attached hydrogens (tertiary/aromatic N) is 1. The Morgan fingerprint density at radius 2 is 2.16 bits per heavy atom. The molecule has 1 aromatic rings. The summed E-state index contributed by atoms with van der Waals surface area (Å²) in [6, 6.07) is 0. The molecule has 0 aliphatic rings. The zero-order valence-electron chi connectivity index (χ0n) is 11.2. The number of carboxylic acid groups (broad SMARTS) is 1. The number of hydrogen-bond donors (Lipinski definition) is 2. The lowest BCUT2D eigenvalue weighted by molar-refractivity contribution is 0.0689. The van der Waals surface area contributed by atoms with Crippen LogP contribution in [0, 0.1) is 0 Å². The van der Waals surface area contributed by atoms with Gasteiger partial charge in [0.1, 0.15) is 0 Å². The van der Waals surface area contributed by atoms with Crippen molar-refractivity contribution in [2.75, 3.05) is 11.9 Å². The van der Waals surface area contributed by atoms with E-state index in [0.29, 0.717) is 11.5 Å². The Balaban J connectivity index is 2.71. The highest BCUT2D eigenvalue weighted by Crippen LogP contribution is 2.29. The van der Waals surface area contributed by atoms with Crippen molar-refractivity contribution in [3.63, 3.8) is 0 Å². The molecule has 0 aromatic carbocycles. The number of anilines is 1. The average molecular weight is 286 g/mol. The van der Waals surface area contributed by atoms with E-state index < -0.39 is 12.1 Å². The lowest BCUT2D eigenvalue weighted by atomic mass is 10.1. The molecular weight excluding hydrogens is 268 g/mol. The van der Waals surface area contributed by atoms with Gasteiger partial charge in [-0.1, -0.05) is 27.2 Å². The van der Waals surface area contributed by atoms with Gasteiger partial charge in [-0.05, 0) is 12.3 Å².